The van der Waals surface area contributed by atoms with Crippen molar-refractivity contribution in [1.29, 1.82) is 0 Å². The van der Waals surface area contributed by atoms with Crippen LogP contribution in [0, 0.1) is 0 Å². The Morgan fingerprint density at radius 3 is 2.39 bits per heavy atom. The van der Waals surface area contributed by atoms with E-state index < -0.39 is 23.9 Å². The molecule has 0 aromatic heterocycles. The monoisotopic (exact) mass is 321 g/mol. The number of carbonyl (C=O) groups is 4. The number of quaternary nitrogens is 1. The highest BCUT2D eigenvalue weighted by atomic mass is 16.5. The van der Waals surface area contributed by atoms with Crippen LogP contribution in [0.5, 0.6) is 0 Å². The molecule has 1 aliphatic rings. The number of amides is 2. The molecule has 0 bridgehead atoms. The summed E-state index contributed by atoms with van der Waals surface area (Å²) in [5, 5.41) is 1.48. The number of ether oxygens (including phenoxy) is 2. The van der Waals surface area contributed by atoms with Crippen LogP contribution < -0.4 is 10.2 Å². The fourth-order valence-electron chi connectivity index (χ4n) is 2.30. The zero-order valence-corrected chi connectivity index (χ0v) is 12.8. The van der Waals surface area contributed by atoms with Gasteiger partial charge in [0.1, 0.15) is 0 Å². The zero-order chi connectivity index (χ0) is 17.0. The van der Waals surface area contributed by atoms with Crippen molar-refractivity contribution in [2.75, 3.05) is 25.7 Å². The number of methoxy groups -OCH3 is 2. The molecule has 1 heterocycles. The third-order valence-electron chi connectivity index (χ3n) is 3.52. The van der Waals surface area contributed by atoms with Gasteiger partial charge in [-0.25, -0.2) is 14.5 Å². The molecule has 0 radical (unpaired) electrons. The molecule has 122 valence electrons. The maximum atomic E-state index is 12.3. The summed E-state index contributed by atoms with van der Waals surface area (Å²) in [6.07, 6.45) is 0.00851. The Morgan fingerprint density at radius 1 is 1.17 bits per heavy atom. The Hall–Kier alpha value is -2.74. The maximum absolute atomic E-state index is 12.3. The number of imide groups is 1. The van der Waals surface area contributed by atoms with E-state index in [1.807, 2.05) is 0 Å². The van der Waals surface area contributed by atoms with E-state index in [9.17, 15) is 19.2 Å². The minimum absolute atomic E-state index is 0.00851. The van der Waals surface area contributed by atoms with Crippen molar-refractivity contribution in [2.24, 2.45) is 0 Å². The third kappa shape index (κ3) is 3.54. The number of esters is 2. The first kappa shape index (κ1) is 16.6. The van der Waals surface area contributed by atoms with E-state index in [0.717, 1.165) is 4.90 Å². The maximum Gasteiger partial charge on any atom is 0.361 e. The average molecular weight is 321 g/mol. The molecule has 23 heavy (non-hydrogen) atoms. The van der Waals surface area contributed by atoms with Crippen LogP contribution in [-0.4, -0.2) is 50.6 Å². The molecule has 0 unspecified atom stereocenters. The molecule has 2 amide bonds. The highest BCUT2D eigenvalue weighted by Gasteiger charge is 2.42. The molecule has 1 aromatic rings. The van der Waals surface area contributed by atoms with Crippen LogP contribution in [0.3, 0.4) is 0 Å². The van der Waals surface area contributed by atoms with Gasteiger partial charge < -0.3 is 14.8 Å². The molecule has 1 saturated heterocycles. The van der Waals surface area contributed by atoms with Crippen molar-refractivity contribution in [1.82, 2.24) is 0 Å². The van der Waals surface area contributed by atoms with Gasteiger partial charge in [0.25, 0.3) is 5.91 Å². The standard InChI is InChI=1S/C15H16N2O6/c1-22-13(19)8-16-11-7-12(18)17(14(11)20)10-5-3-9(4-6-10)15(21)23-2/h3-6,11,16H,7-8H2,1-2H3/p+1/t11-/m0/s1. The second-order valence-electron chi connectivity index (χ2n) is 4.93. The molecule has 2 rings (SSSR count). The summed E-state index contributed by atoms with van der Waals surface area (Å²) in [4.78, 5) is 48.0. The molecule has 8 heteroatoms. The van der Waals surface area contributed by atoms with Crippen molar-refractivity contribution < 1.29 is 34.0 Å². The molecule has 1 aromatic carbocycles. The topological polar surface area (TPSA) is 107 Å². The Labute approximate surface area is 132 Å². The molecule has 2 N–H and O–H groups in total. The molecule has 0 spiro atoms. The van der Waals surface area contributed by atoms with Crippen molar-refractivity contribution in [3.05, 3.63) is 29.8 Å². The summed E-state index contributed by atoms with van der Waals surface area (Å²) in [7, 11) is 2.53. The van der Waals surface area contributed by atoms with Crippen LogP contribution in [0.2, 0.25) is 0 Å². The lowest BCUT2D eigenvalue weighted by atomic mass is 10.2. The lowest BCUT2D eigenvalue weighted by Crippen LogP contribution is -2.93. The zero-order valence-electron chi connectivity index (χ0n) is 12.8. The molecule has 8 nitrogen and oxygen atoms in total. The number of benzene rings is 1. The van der Waals surface area contributed by atoms with Gasteiger partial charge in [0.05, 0.1) is 31.9 Å². The fourth-order valence-corrected chi connectivity index (χ4v) is 2.30. The second kappa shape index (κ2) is 7.01. The molecule has 1 aliphatic heterocycles. The summed E-state index contributed by atoms with van der Waals surface area (Å²) in [5.74, 6) is -1.72. The smallest absolute Gasteiger partial charge is 0.361 e. The highest BCUT2D eigenvalue weighted by Crippen LogP contribution is 2.22. The van der Waals surface area contributed by atoms with Gasteiger partial charge in [0.2, 0.25) is 5.91 Å². The molecule has 0 saturated carbocycles. The van der Waals surface area contributed by atoms with Crippen molar-refractivity contribution in [3.63, 3.8) is 0 Å². The number of hydrogen-bond donors (Lipinski definition) is 1. The van der Waals surface area contributed by atoms with Crippen LogP contribution in [0.25, 0.3) is 0 Å². The van der Waals surface area contributed by atoms with Crippen molar-refractivity contribution >= 4 is 29.4 Å². The minimum atomic E-state index is -0.651. The van der Waals surface area contributed by atoms with E-state index in [1.165, 1.54) is 43.8 Å². The normalized spacial score (nSPS) is 17.3. The van der Waals surface area contributed by atoms with Gasteiger partial charge in [-0.05, 0) is 24.3 Å². The predicted octanol–water partition coefficient (Wildman–Crippen LogP) is -1.16. The predicted molar refractivity (Wildman–Crippen MR) is 77.5 cm³/mol. The Balaban J connectivity index is 2.10. The number of rotatable bonds is 5. The van der Waals surface area contributed by atoms with E-state index in [0.29, 0.717) is 11.3 Å². The summed E-state index contributed by atoms with van der Waals surface area (Å²) in [6.45, 7) is -0.0324. The number of anilines is 1. The van der Waals surface area contributed by atoms with Gasteiger partial charge in [0, 0.05) is 0 Å². The Kier molecular flexibility index (Phi) is 5.07. The van der Waals surface area contributed by atoms with Gasteiger partial charge in [-0.1, -0.05) is 0 Å². The van der Waals surface area contributed by atoms with Crippen LogP contribution in [0.4, 0.5) is 5.69 Å². The van der Waals surface area contributed by atoms with Gasteiger partial charge in [0.15, 0.2) is 12.6 Å². The lowest BCUT2D eigenvalue weighted by Gasteiger charge is -2.14. The number of hydrogen-bond acceptors (Lipinski definition) is 6. The average Bonchev–Trinajstić information content (AvgIpc) is 2.85. The lowest BCUT2D eigenvalue weighted by molar-refractivity contribution is -0.665. The molecule has 1 fully saturated rings. The number of carbonyl (C=O) groups excluding carboxylic acids is 4. The van der Waals surface area contributed by atoms with E-state index >= 15 is 0 Å². The summed E-state index contributed by atoms with van der Waals surface area (Å²) in [5.41, 5.74) is 0.700. The second-order valence-corrected chi connectivity index (χ2v) is 4.93. The Morgan fingerprint density at radius 2 is 1.83 bits per heavy atom. The Bertz CT molecular complexity index is 640. The number of nitrogens with two attached hydrogens (primary N) is 1. The van der Waals surface area contributed by atoms with E-state index in [4.69, 9.17) is 0 Å². The molecular formula is C15H17N2O6+. The summed E-state index contributed by atoms with van der Waals surface area (Å²) in [6, 6.07) is 5.32. The number of nitrogens with zero attached hydrogens (tertiary/aromatic N) is 1. The van der Waals surface area contributed by atoms with E-state index in [1.54, 1.807) is 0 Å². The fraction of sp³-hybridized carbons (Fsp3) is 0.333. The molecule has 1 atom stereocenters. The van der Waals surface area contributed by atoms with E-state index in [-0.39, 0.29) is 18.9 Å². The van der Waals surface area contributed by atoms with Crippen LogP contribution in [0.1, 0.15) is 16.8 Å². The first-order chi connectivity index (χ1) is 11.0. The first-order valence-electron chi connectivity index (χ1n) is 6.93. The van der Waals surface area contributed by atoms with Gasteiger partial charge in [-0.15, -0.1) is 0 Å². The molecular weight excluding hydrogens is 304 g/mol. The van der Waals surface area contributed by atoms with Gasteiger partial charge >= 0.3 is 11.9 Å². The SMILES string of the molecule is COC(=O)C[NH2+][C@H]1CC(=O)N(c2ccc(C(=O)OC)cc2)C1=O. The van der Waals surface area contributed by atoms with Gasteiger partial charge in [-0.2, -0.15) is 0 Å². The minimum Gasteiger partial charge on any atom is -0.465 e. The third-order valence-corrected chi connectivity index (χ3v) is 3.52. The highest BCUT2D eigenvalue weighted by molar-refractivity contribution is 6.21. The van der Waals surface area contributed by atoms with Gasteiger partial charge in [-0.3, -0.25) is 9.59 Å². The summed E-state index contributed by atoms with van der Waals surface area (Å²) >= 11 is 0. The van der Waals surface area contributed by atoms with Crippen LogP contribution >= 0.6 is 0 Å². The van der Waals surface area contributed by atoms with Crippen molar-refractivity contribution in [2.45, 2.75) is 12.5 Å². The first-order valence-corrected chi connectivity index (χ1v) is 6.93. The largest absolute Gasteiger partial charge is 0.465 e. The molecule has 0 aliphatic carbocycles. The van der Waals surface area contributed by atoms with Crippen LogP contribution in [-0.2, 0) is 23.9 Å². The van der Waals surface area contributed by atoms with Crippen molar-refractivity contribution in [3.8, 4) is 0 Å². The van der Waals surface area contributed by atoms with E-state index in [2.05, 4.69) is 9.47 Å². The summed E-state index contributed by atoms with van der Waals surface area (Å²) < 4.78 is 9.10. The quantitative estimate of drug-likeness (QED) is 0.542. The van der Waals surface area contributed by atoms with Crippen LogP contribution in [0.15, 0.2) is 24.3 Å².